The van der Waals surface area contributed by atoms with E-state index in [0.29, 0.717) is 0 Å². The molecule has 1 heterocycles. The fourth-order valence-corrected chi connectivity index (χ4v) is 3.26. The molecule has 24 heavy (non-hydrogen) atoms. The third kappa shape index (κ3) is 4.16. The van der Waals surface area contributed by atoms with E-state index in [0.717, 1.165) is 51.5 Å². The summed E-state index contributed by atoms with van der Waals surface area (Å²) in [7, 11) is 0. The quantitative estimate of drug-likeness (QED) is 0.800. The van der Waals surface area contributed by atoms with Crippen molar-refractivity contribution >= 4 is 0 Å². The third-order valence-electron chi connectivity index (χ3n) is 4.81. The van der Waals surface area contributed by atoms with Crippen LogP contribution in [-0.4, -0.2) is 24.6 Å². The standard InChI is InChI=1S/C21H28N2O/c1-3-23(4-2)16-20-8-6-5-7-19(20)15-22-14-17-9-10-21-18(13-17)11-12-24-21/h5-10,13,22H,3-4,11-12,14-16H2,1-2H3. The summed E-state index contributed by atoms with van der Waals surface area (Å²) >= 11 is 0. The van der Waals surface area contributed by atoms with E-state index in [9.17, 15) is 0 Å². The third-order valence-corrected chi connectivity index (χ3v) is 4.81. The van der Waals surface area contributed by atoms with Gasteiger partial charge in [0, 0.05) is 26.1 Å². The fourth-order valence-electron chi connectivity index (χ4n) is 3.26. The van der Waals surface area contributed by atoms with Gasteiger partial charge in [-0.25, -0.2) is 0 Å². The lowest BCUT2D eigenvalue weighted by Crippen LogP contribution is -2.23. The molecule has 0 spiro atoms. The van der Waals surface area contributed by atoms with E-state index < -0.39 is 0 Å². The average molecular weight is 324 g/mol. The molecule has 3 heteroatoms. The van der Waals surface area contributed by atoms with Gasteiger partial charge in [0.25, 0.3) is 0 Å². The zero-order valence-corrected chi connectivity index (χ0v) is 14.8. The first kappa shape index (κ1) is 17.0. The van der Waals surface area contributed by atoms with Crippen molar-refractivity contribution in [2.75, 3.05) is 19.7 Å². The minimum Gasteiger partial charge on any atom is -0.493 e. The summed E-state index contributed by atoms with van der Waals surface area (Å²) in [5.41, 5.74) is 5.50. The Morgan fingerprint density at radius 1 is 1.00 bits per heavy atom. The minimum absolute atomic E-state index is 0.824. The van der Waals surface area contributed by atoms with Gasteiger partial charge in [0.1, 0.15) is 5.75 Å². The largest absolute Gasteiger partial charge is 0.493 e. The molecule has 3 rings (SSSR count). The van der Waals surface area contributed by atoms with Crippen LogP contribution >= 0.6 is 0 Å². The first-order valence-corrected chi connectivity index (χ1v) is 9.04. The van der Waals surface area contributed by atoms with Gasteiger partial charge in [-0.3, -0.25) is 4.90 Å². The summed E-state index contributed by atoms with van der Waals surface area (Å²) in [5.74, 6) is 1.06. The number of fused-ring (bicyclic) bond motifs is 1. The lowest BCUT2D eigenvalue weighted by Gasteiger charge is -2.20. The summed E-state index contributed by atoms with van der Waals surface area (Å²) < 4.78 is 5.58. The van der Waals surface area contributed by atoms with E-state index in [1.54, 1.807) is 0 Å². The van der Waals surface area contributed by atoms with E-state index in [2.05, 4.69) is 66.5 Å². The number of nitrogens with one attached hydrogen (secondary N) is 1. The van der Waals surface area contributed by atoms with Crippen molar-refractivity contribution in [3.63, 3.8) is 0 Å². The van der Waals surface area contributed by atoms with Crippen molar-refractivity contribution in [3.8, 4) is 5.75 Å². The smallest absolute Gasteiger partial charge is 0.122 e. The Hall–Kier alpha value is -1.84. The molecule has 1 N–H and O–H groups in total. The lowest BCUT2D eigenvalue weighted by atomic mass is 10.1. The van der Waals surface area contributed by atoms with E-state index in [4.69, 9.17) is 4.74 Å². The van der Waals surface area contributed by atoms with Gasteiger partial charge >= 0.3 is 0 Å². The molecule has 128 valence electrons. The molecule has 0 saturated heterocycles. The maximum Gasteiger partial charge on any atom is 0.122 e. The molecule has 0 atom stereocenters. The molecular weight excluding hydrogens is 296 g/mol. The highest BCUT2D eigenvalue weighted by molar-refractivity contribution is 5.39. The minimum atomic E-state index is 0.824. The first-order chi connectivity index (χ1) is 11.8. The van der Waals surface area contributed by atoms with Crippen LogP contribution in [0, 0.1) is 0 Å². The van der Waals surface area contributed by atoms with Gasteiger partial charge in [0.15, 0.2) is 0 Å². The normalized spacial score (nSPS) is 13.1. The Labute approximate surface area is 145 Å². The summed E-state index contributed by atoms with van der Waals surface area (Å²) in [5, 5.41) is 3.60. The van der Waals surface area contributed by atoms with Crippen molar-refractivity contribution in [2.45, 2.75) is 39.9 Å². The van der Waals surface area contributed by atoms with Crippen molar-refractivity contribution in [1.29, 1.82) is 0 Å². The van der Waals surface area contributed by atoms with Gasteiger partial charge in [0.2, 0.25) is 0 Å². The molecule has 0 radical (unpaired) electrons. The van der Waals surface area contributed by atoms with Crippen LogP contribution in [0.4, 0.5) is 0 Å². The van der Waals surface area contributed by atoms with Gasteiger partial charge in [-0.15, -0.1) is 0 Å². The Morgan fingerprint density at radius 3 is 2.58 bits per heavy atom. The molecule has 0 fully saturated rings. The Bertz CT molecular complexity index is 665. The second kappa shape index (κ2) is 8.32. The molecule has 0 unspecified atom stereocenters. The summed E-state index contributed by atoms with van der Waals surface area (Å²) in [4.78, 5) is 2.46. The van der Waals surface area contributed by atoms with Crippen LogP contribution in [0.25, 0.3) is 0 Å². The van der Waals surface area contributed by atoms with Crippen molar-refractivity contribution in [3.05, 3.63) is 64.7 Å². The maximum atomic E-state index is 5.58. The van der Waals surface area contributed by atoms with Crippen molar-refractivity contribution in [2.24, 2.45) is 0 Å². The number of nitrogens with zero attached hydrogens (tertiary/aromatic N) is 1. The van der Waals surface area contributed by atoms with Crippen LogP contribution in [0.1, 0.15) is 36.1 Å². The second-order valence-corrected chi connectivity index (χ2v) is 6.37. The number of benzene rings is 2. The molecular formula is C21H28N2O. The Kier molecular flexibility index (Phi) is 5.89. The topological polar surface area (TPSA) is 24.5 Å². The average Bonchev–Trinajstić information content (AvgIpc) is 3.08. The van der Waals surface area contributed by atoms with Crippen molar-refractivity contribution < 1.29 is 4.74 Å². The molecule has 2 aromatic rings. The number of hydrogen-bond donors (Lipinski definition) is 1. The number of rotatable bonds is 8. The molecule has 0 aliphatic carbocycles. The van der Waals surface area contributed by atoms with Gasteiger partial charge < -0.3 is 10.1 Å². The van der Waals surface area contributed by atoms with E-state index in [1.807, 2.05) is 0 Å². The molecule has 3 nitrogen and oxygen atoms in total. The summed E-state index contributed by atoms with van der Waals surface area (Å²) in [6.45, 7) is 10.3. The van der Waals surface area contributed by atoms with Gasteiger partial charge in [-0.1, -0.05) is 50.2 Å². The fraction of sp³-hybridized carbons (Fsp3) is 0.429. The predicted octanol–water partition coefficient (Wildman–Crippen LogP) is 3.75. The van der Waals surface area contributed by atoms with Crippen LogP contribution < -0.4 is 10.1 Å². The highest BCUT2D eigenvalue weighted by Gasteiger charge is 2.12. The van der Waals surface area contributed by atoms with Gasteiger partial charge in [-0.05, 0) is 41.4 Å². The van der Waals surface area contributed by atoms with Crippen LogP contribution in [0.15, 0.2) is 42.5 Å². The van der Waals surface area contributed by atoms with E-state index in [-0.39, 0.29) is 0 Å². The highest BCUT2D eigenvalue weighted by Crippen LogP contribution is 2.25. The second-order valence-electron chi connectivity index (χ2n) is 6.37. The molecule has 0 saturated carbocycles. The van der Waals surface area contributed by atoms with Crippen LogP contribution in [0.3, 0.4) is 0 Å². The molecule has 0 aromatic heterocycles. The summed E-state index contributed by atoms with van der Waals surface area (Å²) in [6, 6.07) is 15.3. The van der Waals surface area contributed by atoms with Crippen LogP contribution in [-0.2, 0) is 26.1 Å². The summed E-state index contributed by atoms with van der Waals surface area (Å²) in [6.07, 6.45) is 1.04. The van der Waals surface area contributed by atoms with E-state index >= 15 is 0 Å². The zero-order chi connectivity index (χ0) is 16.8. The SMILES string of the molecule is CCN(CC)Cc1ccccc1CNCc1ccc2c(c1)CCO2. The monoisotopic (exact) mass is 324 g/mol. The zero-order valence-electron chi connectivity index (χ0n) is 14.8. The highest BCUT2D eigenvalue weighted by atomic mass is 16.5. The molecule has 0 bridgehead atoms. The van der Waals surface area contributed by atoms with Crippen LogP contribution in [0.5, 0.6) is 5.75 Å². The lowest BCUT2D eigenvalue weighted by molar-refractivity contribution is 0.294. The molecule has 2 aromatic carbocycles. The molecule has 0 amide bonds. The molecule has 1 aliphatic rings. The molecule has 1 aliphatic heterocycles. The van der Waals surface area contributed by atoms with E-state index in [1.165, 1.54) is 22.3 Å². The van der Waals surface area contributed by atoms with Crippen molar-refractivity contribution in [1.82, 2.24) is 10.2 Å². The Balaban J connectivity index is 1.58. The predicted molar refractivity (Wildman–Crippen MR) is 99.3 cm³/mol. The number of hydrogen-bond acceptors (Lipinski definition) is 3. The van der Waals surface area contributed by atoms with Gasteiger partial charge in [0.05, 0.1) is 6.61 Å². The number of ether oxygens (including phenoxy) is 1. The Morgan fingerprint density at radius 2 is 1.79 bits per heavy atom. The van der Waals surface area contributed by atoms with Gasteiger partial charge in [-0.2, -0.15) is 0 Å². The van der Waals surface area contributed by atoms with Crippen LogP contribution in [0.2, 0.25) is 0 Å². The first-order valence-electron chi connectivity index (χ1n) is 9.04. The maximum absolute atomic E-state index is 5.58.